The Morgan fingerprint density at radius 1 is 1.29 bits per heavy atom. The molecule has 6 heteroatoms. The molecule has 21 heavy (non-hydrogen) atoms. The smallest absolute Gasteiger partial charge is 0.244 e. The molecular weight excluding hydrogens is 334 g/mol. The number of phenols is 1. The standard InChI is InChI=1S/C15H14BrN3O2/c16-13-7-11(3-6-14(13)20)9-18-19-15(21)8-10-1-4-12(17)5-2-10/h1-7,9,20H,8,17H2,(H,19,21)/b18-9-. The van der Waals surface area contributed by atoms with Gasteiger partial charge in [-0.25, -0.2) is 5.43 Å². The number of nitrogen functional groups attached to an aromatic ring is 1. The van der Waals surface area contributed by atoms with Gasteiger partial charge in [0.1, 0.15) is 5.75 Å². The number of carbonyl (C=O) groups excluding carboxylic acids is 1. The second-order valence-corrected chi connectivity index (χ2v) is 5.28. The Balaban J connectivity index is 1.89. The predicted octanol–water partition coefficient (Wildman–Crippen LogP) is 2.43. The Kier molecular flexibility index (Phi) is 4.94. The highest BCUT2D eigenvalue weighted by Crippen LogP contribution is 2.23. The minimum absolute atomic E-state index is 0.152. The lowest BCUT2D eigenvalue weighted by Gasteiger charge is -2.01. The number of hydrazone groups is 1. The Labute approximate surface area is 130 Å². The van der Waals surface area contributed by atoms with E-state index in [2.05, 4.69) is 26.5 Å². The molecule has 0 unspecified atom stereocenters. The maximum Gasteiger partial charge on any atom is 0.244 e. The number of carbonyl (C=O) groups is 1. The highest BCUT2D eigenvalue weighted by Gasteiger charge is 2.02. The van der Waals surface area contributed by atoms with E-state index in [0.717, 1.165) is 11.1 Å². The molecule has 0 aliphatic heterocycles. The third kappa shape index (κ3) is 4.61. The van der Waals surface area contributed by atoms with Crippen LogP contribution in [0.25, 0.3) is 0 Å². The zero-order valence-electron chi connectivity index (χ0n) is 11.1. The third-order valence-corrected chi connectivity index (χ3v) is 3.35. The molecule has 2 rings (SSSR count). The minimum Gasteiger partial charge on any atom is -0.507 e. The summed E-state index contributed by atoms with van der Waals surface area (Å²) in [5.41, 5.74) is 10.3. The molecule has 0 saturated heterocycles. The number of nitrogens with two attached hydrogens (primary N) is 1. The number of hydrogen-bond acceptors (Lipinski definition) is 4. The third-order valence-electron chi connectivity index (χ3n) is 2.72. The summed E-state index contributed by atoms with van der Waals surface area (Å²) in [6, 6.07) is 12.0. The zero-order valence-corrected chi connectivity index (χ0v) is 12.7. The molecule has 0 aliphatic rings. The fourth-order valence-corrected chi connectivity index (χ4v) is 2.04. The van der Waals surface area contributed by atoms with Crippen LogP contribution in [0.1, 0.15) is 11.1 Å². The molecule has 108 valence electrons. The number of anilines is 1. The summed E-state index contributed by atoms with van der Waals surface area (Å²) in [7, 11) is 0. The summed E-state index contributed by atoms with van der Waals surface area (Å²) in [4.78, 5) is 11.7. The van der Waals surface area contributed by atoms with Gasteiger partial charge in [0.05, 0.1) is 17.1 Å². The maximum atomic E-state index is 11.7. The molecule has 0 radical (unpaired) electrons. The molecule has 4 N–H and O–H groups in total. The van der Waals surface area contributed by atoms with Crippen molar-refractivity contribution >= 4 is 33.7 Å². The van der Waals surface area contributed by atoms with E-state index in [0.29, 0.717) is 10.2 Å². The van der Waals surface area contributed by atoms with E-state index in [9.17, 15) is 9.90 Å². The monoisotopic (exact) mass is 347 g/mol. The van der Waals surface area contributed by atoms with Crippen molar-refractivity contribution in [1.29, 1.82) is 0 Å². The Morgan fingerprint density at radius 2 is 2.00 bits per heavy atom. The first-order valence-electron chi connectivity index (χ1n) is 6.19. The summed E-state index contributed by atoms with van der Waals surface area (Å²) >= 11 is 3.21. The number of rotatable bonds is 4. The van der Waals surface area contributed by atoms with Crippen LogP contribution in [0.2, 0.25) is 0 Å². The number of phenolic OH excluding ortho intramolecular Hbond substituents is 1. The van der Waals surface area contributed by atoms with Crippen LogP contribution in [-0.2, 0) is 11.2 Å². The van der Waals surface area contributed by atoms with Gasteiger partial charge < -0.3 is 10.8 Å². The van der Waals surface area contributed by atoms with Crippen LogP contribution in [0.4, 0.5) is 5.69 Å². The summed E-state index contributed by atoms with van der Waals surface area (Å²) in [6.45, 7) is 0. The van der Waals surface area contributed by atoms with Gasteiger partial charge in [0.15, 0.2) is 0 Å². The first kappa shape index (κ1) is 15.1. The van der Waals surface area contributed by atoms with Crippen molar-refractivity contribution in [2.24, 2.45) is 5.10 Å². The predicted molar refractivity (Wildman–Crippen MR) is 86.1 cm³/mol. The van der Waals surface area contributed by atoms with Crippen LogP contribution < -0.4 is 11.2 Å². The average molecular weight is 348 g/mol. The summed E-state index contributed by atoms with van der Waals surface area (Å²) in [5, 5.41) is 13.2. The SMILES string of the molecule is Nc1ccc(CC(=O)N/N=C\c2ccc(O)c(Br)c2)cc1. The fraction of sp³-hybridized carbons (Fsp3) is 0.0667. The highest BCUT2D eigenvalue weighted by molar-refractivity contribution is 9.10. The number of benzene rings is 2. The van der Waals surface area contributed by atoms with Gasteiger partial charge in [-0.2, -0.15) is 5.10 Å². The lowest BCUT2D eigenvalue weighted by molar-refractivity contribution is -0.120. The second-order valence-electron chi connectivity index (χ2n) is 4.42. The van der Waals surface area contributed by atoms with Gasteiger partial charge in [0.25, 0.3) is 0 Å². The van der Waals surface area contributed by atoms with Gasteiger partial charge >= 0.3 is 0 Å². The number of amides is 1. The summed E-state index contributed by atoms with van der Waals surface area (Å²) in [6.07, 6.45) is 1.74. The van der Waals surface area contributed by atoms with Crippen LogP contribution in [-0.4, -0.2) is 17.2 Å². The van der Waals surface area contributed by atoms with Crippen LogP contribution in [0.5, 0.6) is 5.75 Å². The van der Waals surface area contributed by atoms with Gasteiger partial charge in [-0.1, -0.05) is 12.1 Å². The number of aromatic hydroxyl groups is 1. The van der Waals surface area contributed by atoms with E-state index < -0.39 is 0 Å². The topological polar surface area (TPSA) is 87.7 Å². The summed E-state index contributed by atoms with van der Waals surface area (Å²) in [5.74, 6) is -0.0617. The number of halogens is 1. The number of hydrogen-bond donors (Lipinski definition) is 3. The molecular formula is C15H14BrN3O2. The van der Waals surface area contributed by atoms with Gasteiger partial charge in [0.2, 0.25) is 5.91 Å². The Hall–Kier alpha value is -2.34. The first-order chi connectivity index (χ1) is 10.0. The van der Waals surface area contributed by atoms with Crippen LogP contribution >= 0.6 is 15.9 Å². The van der Waals surface area contributed by atoms with Crippen molar-refractivity contribution in [2.45, 2.75) is 6.42 Å². The number of nitrogens with zero attached hydrogens (tertiary/aromatic N) is 1. The molecule has 0 fully saturated rings. The molecule has 0 bridgehead atoms. The fourth-order valence-electron chi connectivity index (χ4n) is 1.64. The molecule has 1 amide bonds. The molecule has 0 spiro atoms. The molecule has 2 aromatic rings. The van der Waals surface area contributed by atoms with Gasteiger partial charge in [-0.3, -0.25) is 4.79 Å². The van der Waals surface area contributed by atoms with Crippen molar-refractivity contribution in [3.05, 3.63) is 58.1 Å². The Morgan fingerprint density at radius 3 is 2.67 bits per heavy atom. The minimum atomic E-state index is -0.214. The van der Waals surface area contributed by atoms with Crippen molar-refractivity contribution in [3.8, 4) is 5.75 Å². The molecule has 2 aromatic carbocycles. The summed E-state index contributed by atoms with van der Waals surface area (Å²) < 4.78 is 0.569. The quantitative estimate of drug-likeness (QED) is 0.451. The molecule has 5 nitrogen and oxygen atoms in total. The van der Waals surface area contributed by atoms with E-state index >= 15 is 0 Å². The first-order valence-corrected chi connectivity index (χ1v) is 6.99. The van der Waals surface area contributed by atoms with E-state index in [4.69, 9.17) is 5.73 Å². The maximum absolute atomic E-state index is 11.7. The van der Waals surface area contributed by atoms with E-state index in [1.165, 1.54) is 6.21 Å². The molecule has 0 heterocycles. The molecule has 0 aromatic heterocycles. The lowest BCUT2D eigenvalue weighted by atomic mass is 10.1. The van der Waals surface area contributed by atoms with Crippen molar-refractivity contribution in [3.63, 3.8) is 0 Å². The Bertz CT molecular complexity index is 669. The van der Waals surface area contributed by atoms with E-state index in [1.807, 2.05) is 0 Å². The van der Waals surface area contributed by atoms with Gasteiger partial charge in [0, 0.05) is 5.69 Å². The highest BCUT2D eigenvalue weighted by atomic mass is 79.9. The molecule has 0 atom stereocenters. The van der Waals surface area contributed by atoms with Crippen LogP contribution in [0.3, 0.4) is 0 Å². The molecule has 0 aliphatic carbocycles. The van der Waals surface area contributed by atoms with Gasteiger partial charge in [-0.05, 0) is 57.4 Å². The van der Waals surface area contributed by atoms with Crippen molar-refractivity contribution in [2.75, 3.05) is 5.73 Å². The normalized spacial score (nSPS) is 10.7. The zero-order chi connectivity index (χ0) is 15.2. The van der Waals surface area contributed by atoms with Crippen LogP contribution in [0, 0.1) is 0 Å². The second kappa shape index (κ2) is 6.90. The van der Waals surface area contributed by atoms with E-state index in [-0.39, 0.29) is 18.1 Å². The van der Waals surface area contributed by atoms with Crippen molar-refractivity contribution < 1.29 is 9.90 Å². The van der Waals surface area contributed by atoms with Gasteiger partial charge in [-0.15, -0.1) is 0 Å². The largest absolute Gasteiger partial charge is 0.507 e. The molecule has 0 saturated carbocycles. The lowest BCUT2D eigenvalue weighted by Crippen LogP contribution is -2.19. The van der Waals surface area contributed by atoms with Crippen molar-refractivity contribution in [1.82, 2.24) is 5.43 Å². The van der Waals surface area contributed by atoms with E-state index in [1.54, 1.807) is 42.5 Å². The number of nitrogens with one attached hydrogen (secondary N) is 1. The van der Waals surface area contributed by atoms with Crippen LogP contribution in [0.15, 0.2) is 52.0 Å². The average Bonchev–Trinajstić information content (AvgIpc) is 2.45.